The Morgan fingerprint density at radius 2 is 1.84 bits per heavy atom. The first-order valence-corrected chi connectivity index (χ1v) is 8.59. The van der Waals surface area contributed by atoms with E-state index in [9.17, 15) is 4.79 Å². The van der Waals surface area contributed by atoms with E-state index >= 15 is 0 Å². The number of carbonyl (C=O) groups excluding carboxylic acids is 1. The number of amides is 1. The Bertz CT molecular complexity index is 724. The third-order valence-corrected chi connectivity index (χ3v) is 4.46. The van der Waals surface area contributed by atoms with E-state index < -0.39 is 0 Å². The van der Waals surface area contributed by atoms with E-state index in [-0.39, 0.29) is 5.91 Å². The zero-order chi connectivity index (χ0) is 17.8. The lowest BCUT2D eigenvalue weighted by atomic mass is 10.0. The number of hydrogen-bond donors (Lipinski definition) is 0. The smallest absolute Gasteiger partial charge is 0.276 e. The minimum absolute atomic E-state index is 0.144. The number of aromatic nitrogens is 2. The first kappa shape index (κ1) is 17.4. The van der Waals surface area contributed by atoms with Gasteiger partial charge in [0.1, 0.15) is 17.8 Å². The van der Waals surface area contributed by atoms with Crippen molar-refractivity contribution in [2.24, 2.45) is 0 Å². The van der Waals surface area contributed by atoms with Crippen LogP contribution in [0.3, 0.4) is 0 Å². The van der Waals surface area contributed by atoms with Crippen molar-refractivity contribution < 1.29 is 9.53 Å². The van der Waals surface area contributed by atoms with Gasteiger partial charge < -0.3 is 14.5 Å². The molecule has 6 nitrogen and oxygen atoms in total. The summed E-state index contributed by atoms with van der Waals surface area (Å²) in [6.07, 6.45) is 1.45. The van der Waals surface area contributed by atoms with Gasteiger partial charge in [-0.2, -0.15) is 0 Å². The van der Waals surface area contributed by atoms with Crippen molar-refractivity contribution >= 4 is 17.4 Å². The molecular weight excluding hydrogens is 316 g/mol. The Balaban J connectivity index is 1.77. The molecule has 0 atom stereocenters. The van der Waals surface area contributed by atoms with Gasteiger partial charge in [0.25, 0.3) is 5.91 Å². The fourth-order valence-electron chi connectivity index (χ4n) is 2.80. The highest BCUT2D eigenvalue weighted by molar-refractivity contribution is 6.04. The first-order valence-electron chi connectivity index (χ1n) is 8.59. The van der Waals surface area contributed by atoms with Crippen molar-refractivity contribution in [1.29, 1.82) is 0 Å². The van der Waals surface area contributed by atoms with Gasteiger partial charge in [0.15, 0.2) is 0 Å². The lowest BCUT2D eigenvalue weighted by Crippen LogP contribution is -2.37. The lowest BCUT2D eigenvalue weighted by Gasteiger charge is -2.28. The molecule has 0 spiro atoms. The summed E-state index contributed by atoms with van der Waals surface area (Å²) in [7, 11) is 1.77. The Kier molecular flexibility index (Phi) is 5.28. The van der Waals surface area contributed by atoms with Crippen molar-refractivity contribution in [2.45, 2.75) is 19.8 Å². The lowest BCUT2D eigenvalue weighted by molar-refractivity contribution is 0.0988. The molecule has 0 aliphatic carbocycles. The number of rotatable bonds is 4. The molecule has 25 heavy (non-hydrogen) atoms. The molecule has 1 aromatic carbocycles. The summed E-state index contributed by atoms with van der Waals surface area (Å²) in [4.78, 5) is 25.0. The third-order valence-electron chi connectivity index (χ3n) is 4.46. The molecule has 0 radical (unpaired) electrons. The van der Waals surface area contributed by atoms with E-state index in [0.717, 1.165) is 24.6 Å². The van der Waals surface area contributed by atoms with E-state index in [1.165, 1.54) is 11.9 Å². The highest BCUT2D eigenvalue weighted by Crippen LogP contribution is 2.21. The van der Waals surface area contributed by atoms with Crippen molar-refractivity contribution in [1.82, 2.24) is 9.97 Å². The van der Waals surface area contributed by atoms with Gasteiger partial charge in [-0.15, -0.1) is 0 Å². The van der Waals surface area contributed by atoms with Crippen molar-refractivity contribution in [3.8, 4) is 0 Å². The summed E-state index contributed by atoms with van der Waals surface area (Å²) in [5.74, 6) is 1.09. The molecule has 132 valence electrons. The molecule has 1 aliphatic rings. The summed E-state index contributed by atoms with van der Waals surface area (Å²) in [6.45, 7) is 7.20. The van der Waals surface area contributed by atoms with Crippen LogP contribution in [0, 0.1) is 0 Å². The van der Waals surface area contributed by atoms with Crippen LogP contribution in [0.1, 0.15) is 35.8 Å². The van der Waals surface area contributed by atoms with Crippen LogP contribution in [-0.4, -0.2) is 49.2 Å². The maximum Gasteiger partial charge on any atom is 0.276 e. The average molecular weight is 340 g/mol. The Morgan fingerprint density at radius 1 is 1.16 bits per heavy atom. The topological polar surface area (TPSA) is 58.6 Å². The van der Waals surface area contributed by atoms with E-state index in [2.05, 4.69) is 40.8 Å². The molecule has 2 heterocycles. The number of carbonyl (C=O) groups is 1. The van der Waals surface area contributed by atoms with Crippen LogP contribution in [0.25, 0.3) is 0 Å². The third kappa shape index (κ3) is 3.96. The molecule has 0 N–H and O–H groups in total. The largest absolute Gasteiger partial charge is 0.378 e. The fourth-order valence-corrected chi connectivity index (χ4v) is 2.80. The van der Waals surface area contributed by atoms with Gasteiger partial charge in [-0.25, -0.2) is 9.97 Å². The van der Waals surface area contributed by atoms with Gasteiger partial charge in [0.05, 0.1) is 13.2 Å². The number of ether oxygens (including phenoxy) is 1. The second-order valence-electron chi connectivity index (χ2n) is 6.47. The summed E-state index contributed by atoms with van der Waals surface area (Å²) in [5.41, 5.74) is 2.49. The highest BCUT2D eigenvalue weighted by Gasteiger charge is 2.19. The average Bonchev–Trinajstić information content (AvgIpc) is 2.67. The van der Waals surface area contributed by atoms with Gasteiger partial charge in [-0.3, -0.25) is 4.79 Å². The minimum atomic E-state index is -0.144. The molecule has 2 aromatic rings. The molecule has 0 bridgehead atoms. The van der Waals surface area contributed by atoms with Crippen LogP contribution >= 0.6 is 0 Å². The molecule has 0 saturated carbocycles. The zero-order valence-electron chi connectivity index (χ0n) is 15.0. The van der Waals surface area contributed by atoms with Gasteiger partial charge in [0.2, 0.25) is 0 Å². The van der Waals surface area contributed by atoms with Crippen molar-refractivity contribution in [2.75, 3.05) is 43.2 Å². The Morgan fingerprint density at radius 3 is 2.48 bits per heavy atom. The molecule has 1 aliphatic heterocycles. The quantitative estimate of drug-likeness (QED) is 0.856. The van der Waals surface area contributed by atoms with E-state index in [1.807, 2.05) is 12.1 Å². The zero-order valence-corrected chi connectivity index (χ0v) is 15.0. The van der Waals surface area contributed by atoms with E-state index in [0.29, 0.717) is 24.8 Å². The Hall–Kier alpha value is -2.47. The molecule has 1 saturated heterocycles. The van der Waals surface area contributed by atoms with Crippen LogP contribution in [0.5, 0.6) is 0 Å². The van der Waals surface area contributed by atoms with Crippen LogP contribution in [0.15, 0.2) is 36.7 Å². The molecule has 1 fully saturated rings. The molecule has 1 aromatic heterocycles. The van der Waals surface area contributed by atoms with E-state index in [1.54, 1.807) is 18.0 Å². The monoisotopic (exact) mass is 340 g/mol. The highest BCUT2D eigenvalue weighted by atomic mass is 16.5. The summed E-state index contributed by atoms with van der Waals surface area (Å²) < 4.78 is 5.36. The summed E-state index contributed by atoms with van der Waals surface area (Å²) >= 11 is 0. The summed E-state index contributed by atoms with van der Waals surface area (Å²) in [6, 6.07) is 9.81. The summed E-state index contributed by atoms with van der Waals surface area (Å²) in [5, 5.41) is 0. The van der Waals surface area contributed by atoms with Crippen molar-refractivity contribution in [3.05, 3.63) is 47.9 Å². The minimum Gasteiger partial charge on any atom is -0.378 e. The van der Waals surface area contributed by atoms with Crippen LogP contribution < -0.4 is 9.80 Å². The van der Waals surface area contributed by atoms with Crippen LogP contribution in [-0.2, 0) is 4.74 Å². The normalized spacial score (nSPS) is 14.6. The predicted octanol–water partition coefficient (Wildman–Crippen LogP) is 2.71. The Labute approximate surface area is 148 Å². The maximum absolute atomic E-state index is 12.8. The first-order chi connectivity index (χ1) is 12.1. The second-order valence-corrected chi connectivity index (χ2v) is 6.47. The van der Waals surface area contributed by atoms with Gasteiger partial charge >= 0.3 is 0 Å². The molecule has 6 heteroatoms. The standard InChI is InChI=1S/C19H24N4O2/c1-14(2)15-4-6-16(7-5-15)22(3)19(24)17-12-18(21-13-20-17)23-8-10-25-11-9-23/h4-7,12-14H,8-11H2,1-3H3. The van der Waals surface area contributed by atoms with Crippen LogP contribution in [0.2, 0.25) is 0 Å². The van der Waals surface area contributed by atoms with Crippen molar-refractivity contribution in [3.63, 3.8) is 0 Å². The van der Waals surface area contributed by atoms with Gasteiger partial charge in [-0.05, 0) is 23.6 Å². The van der Waals surface area contributed by atoms with Gasteiger partial charge in [-0.1, -0.05) is 26.0 Å². The molecule has 1 amide bonds. The van der Waals surface area contributed by atoms with Gasteiger partial charge in [0, 0.05) is 31.9 Å². The molecule has 3 rings (SSSR count). The molecular formula is C19H24N4O2. The SMILES string of the molecule is CC(C)c1ccc(N(C)C(=O)c2cc(N3CCOCC3)ncn2)cc1. The fraction of sp³-hybridized carbons (Fsp3) is 0.421. The maximum atomic E-state index is 12.8. The number of nitrogens with zero attached hydrogens (tertiary/aromatic N) is 4. The molecule has 0 unspecified atom stereocenters. The van der Waals surface area contributed by atoms with Crippen LogP contribution in [0.4, 0.5) is 11.5 Å². The number of benzene rings is 1. The number of anilines is 2. The predicted molar refractivity (Wildman–Crippen MR) is 98.3 cm³/mol. The second kappa shape index (κ2) is 7.61. The number of morpholine rings is 1. The number of hydrogen-bond acceptors (Lipinski definition) is 5. The van der Waals surface area contributed by atoms with E-state index in [4.69, 9.17) is 4.74 Å².